The van der Waals surface area contributed by atoms with Crippen LogP contribution in [0.3, 0.4) is 0 Å². The van der Waals surface area contributed by atoms with Gasteiger partial charge in [0.2, 0.25) is 0 Å². The van der Waals surface area contributed by atoms with Gasteiger partial charge in [-0.3, -0.25) is 4.79 Å². The second-order valence-corrected chi connectivity index (χ2v) is 4.20. The number of alkyl halides is 1. The molecule has 1 atom stereocenters. The number of carbonyl (C=O) groups is 1. The van der Waals surface area contributed by atoms with Gasteiger partial charge in [0.05, 0.1) is 6.54 Å². The molecule has 2 aromatic rings. The first-order valence-electron chi connectivity index (χ1n) is 5.74. The van der Waals surface area contributed by atoms with E-state index in [1.165, 1.54) is 0 Å². The van der Waals surface area contributed by atoms with Crippen LogP contribution in [0.15, 0.2) is 30.5 Å². The Bertz CT molecular complexity index is 565. The number of hydrogen-bond acceptors (Lipinski definition) is 2. The molecule has 1 aromatic carbocycles. The predicted octanol–water partition coefficient (Wildman–Crippen LogP) is 1.57. The number of nitrogens with zero attached hydrogens (tertiary/aromatic N) is 1. The third kappa shape index (κ3) is 2.36. The van der Waals surface area contributed by atoms with E-state index in [2.05, 4.69) is 0 Å². The quantitative estimate of drug-likeness (QED) is 0.846. The molecule has 5 heteroatoms. The highest BCUT2D eigenvalue weighted by Gasteiger charge is 2.16. The number of aromatic nitrogens is 1. The smallest absolute Gasteiger partial charge is 0.320 e. The second-order valence-electron chi connectivity index (χ2n) is 4.20. The first kappa shape index (κ1) is 12.6. The average molecular weight is 250 g/mol. The van der Waals surface area contributed by atoms with E-state index in [0.29, 0.717) is 0 Å². The Morgan fingerprint density at radius 1 is 1.44 bits per heavy atom. The number of rotatable bonds is 5. The normalized spacial score (nSPS) is 12.8. The molecular weight excluding hydrogens is 235 g/mol. The van der Waals surface area contributed by atoms with E-state index in [0.717, 1.165) is 16.5 Å². The number of halogens is 1. The topological polar surface area (TPSA) is 68.2 Å². The van der Waals surface area contributed by atoms with Gasteiger partial charge in [-0.25, -0.2) is 4.39 Å². The van der Waals surface area contributed by atoms with Crippen LogP contribution < -0.4 is 5.73 Å². The number of carboxylic acid groups (broad SMARTS) is 1. The molecular formula is C13H15FN2O2. The number of hydrogen-bond donors (Lipinski definition) is 2. The van der Waals surface area contributed by atoms with Crippen molar-refractivity contribution in [3.05, 3.63) is 36.0 Å². The van der Waals surface area contributed by atoms with Crippen molar-refractivity contribution < 1.29 is 14.3 Å². The van der Waals surface area contributed by atoms with Crippen molar-refractivity contribution in [2.75, 3.05) is 6.67 Å². The molecule has 0 fully saturated rings. The summed E-state index contributed by atoms with van der Waals surface area (Å²) in [5.41, 5.74) is 7.29. The highest BCUT2D eigenvalue weighted by molar-refractivity contribution is 5.85. The Labute approximate surface area is 104 Å². The molecule has 0 aliphatic heterocycles. The highest BCUT2D eigenvalue weighted by Crippen LogP contribution is 2.22. The third-order valence-electron chi connectivity index (χ3n) is 2.95. The number of fused-ring (bicyclic) bond motifs is 1. The summed E-state index contributed by atoms with van der Waals surface area (Å²) in [6.45, 7) is -0.189. The number of benzene rings is 1. The van der Waals surface area contributed by atoms with Gasteiger partial charge in [-0.15, -0.1) is 0 Å². The van der Waals surface area contributed by atoms with Crippen LogP contribution in [0.1, 0.15) is 5.56 Å². The predicted molar refractivity (Wildman–Crippen MR) is 67.2 cm³/mol. The minimum atomic E-state index is -1.03. The maximum Gasteiger partial charge on any atom is 0.320 e. The van der Waals surface area contributed by atoms with Crippen molar-refractivity contribution in [3.63, 3.8) is 0 Å². The van der Waals surface area contributed by atoms with Crippen LogP contribution in [-0.2, 0) is 17.8 Å². The van der Waals surface area contributed by atoms with Crippen molar-refractivity contribution in [3.8, 4) is 0 Å². The summed E-state index contributed by atoms with van der Waals surface area (Å²) in [5.74, 6) is -1.03. The Morgan fingerprint density at radius 3 is 2.83 bits per heavy atom. The fraction of sp³-hybridized carbons (Fsp3) is 0.308. The summed E-state index contributed by atoms with van der Waals surface area (Å²) in [7, 11) is 0. The van der Waals surface area contributed by atoms with E-state index >= 15 is 0 Å². The van der Waals surface area contributed by atoms with Crippen LogP contribution in [0.25, 0.3) is 10.9 Å². The molecule has 0 saturated heterocycles. The van der Waals surface area contributed by atoms with Gasteiger partial charge >= 0.3 is 5.97 Å². The Kier molecular flexibility index (Phi) is 3.62. The van der Waals surface area contributed by atoms with Crippen LogP contribution in [0.2, 0.25) is 0 Å². The van der Waals surface area contributed by atoms with Gasteiger partial charge in [0.15, 0.2) is 0 Å². The minimum absolute atomic E-state index is 0.245. The van der Waals surface area contributed by atoms with Gasteiger partial charge in [0, 0.05) is 23.5 Å². The zero-order valence-corrected chi connectivity index (χ0v) is 9.84. The largest absolute Gasteiger partial charge is 0.480 e. The molecule has 0 saturated carbocycles. The van der Waals surface area contributed by atoms with Crippen LogP contribution >= 0.6 is 0 Å². The lowest BCUT2D eigenvalue weighted by Crippen LogP contribution is -2.32. The molecule has 4 nitrogen and oxygen atoms in total. The number of carboxylic acids is 1. The molecule has 0 bridgehead atoms. The molecule has 0 aliphatic rings. The molecule has 18 heavy (non-hydrogen) atoms. The zero-order chi connectivity index (χ0) is 13.1. The van der Waals surface area contributed by atoms with Crippen molar-refractivity contribution in [2.45, 2.75) is 19.0 Å². The van der Waals surface area contributed by atoms with Crippen LogP contribution in [0.4, 0.5) is 4.39 Å². The van der Waals surface area contributed by atoms with E-state index < -0.39 is 18.7 Å². The van der Waals surface area contributed by atoms with Crippen molar-refractivity contribution in [1.82, 2.24) is 4.57 Å². The fourth-order valence-corrected chi connectivity index (χ4v) is 2.09. The third-order valence-corrected chi connectivity index (χ3v) is 2.95. The summed E-state index contributed by atoms with van der Waals surface area (Å²) in [6, 6.07) is 6.60. The lowest BCUT2D eigenvalue weighted by atomic mass is 10.1. The Morgan fingerprint density at radius 2 is 2.17 bits per heavy atom. The van der Waals surface area contributed by atoms with Crippen molar-refractivity contribution in [1.29, 1.82) is 0 Å². The van der Waals surface area contributed by atoms with E-state index in [1.807, 2.05) is 24.3 Å². The van der Waals surface area contributed by atoms with E-state index in [9.17, 15) is 9.18 Å². The molecule has 0 unspecified atom stereocenters. The van der Waals surface area contributed by atoms with E-state index in [1.54, 1.807) is 10.8 Å². The lowest BCUT2D eigenvalue weighted by molar-refractivity contribution is -0.138. The summed E-state index contributed by atoms with van der Waals surface area (Å²) in [6.07, 6.45) is 2.03. The number of aryl methyl sites for hydroxylation is 1. The molecule has 1 heterocycles. The SMILES string of the molecule is N[C@@H](Cc1cn(CCF)c2ccccc12)C(=O)O. The van der Waals surface area contributed by atoms with Crippen LogP contribution in [0.5, 0.6) is 0 Å². The summed E-state index contributed by atoms with van der Waals surface area (Å²) < 4.78 is 14.3. The summed E-state index contributed by atoms with van der Waals surface area (Å²) in [4.78, 5) is 10.8. The van der Waals surface area contributed by atoms with Gasteiger partial charge in [-0.1, -0.05) is 18.2 Å². The molecule has 0 spiro atoms. The molecule has 96 valence electrons. The lowest BCUT2D eigenvalue weighted by Gasteiger charge is -2.04. The van der Waals surface area contributed by atoms with Gasteiger partial charge < -0.3 is 15.4 Å². The molecule has 0 amide bonds. The standard InChI is InChI=1S/C13H15FN2O2/c14-5-6-16-8-9(7-11(15)13(17)18)10-3-1-2-4-12(10)16/h1-4,8,11H,5-7,15H2,(H,17,18)/t11-/m0/s1. The van der Waals surface area contributed by atoms with Crippen molar-refractivity contribution in [2.24, 2.45) is 5.73 Å². The van der Waals surface area contributed by atoms with Gasteiger partial charge in [0.1, 0.15) is 12.7 Å². The first-order chi connectivity index (χ1) is 8.63. The zero-order valence-electron chi connectivity index (χ0n) is 9.84. The van der Waals surface area contributed by atoms with Gasteiger partial charge in [-0.05, 0) is 11.6 Å². The fourth-order valence-electron chi connectivity index (χ4n) is 2.09. The van der Waals surface area contributed by atoms with Gasteiger partial charge in [0.25, 0.3) is 0 Å². The van der Waals surface area contributed by atoms with Gasteiger partial charge in [-0.2, -0.15) is 0 Å². The number of para-hydroxylation sites is 1. The maximum atomic E-state index is 12.5. The van der Waals surface area contributed by atoms with E-state index in [4.69, 9.17) is 10.8 Å². The molecule has 2 rings (SSSR count). The summed E-state index contributed by atoms with van der Waals surface area (Å²) in [5, 5.41) is 9.77. The first-order valence-corrected chi connectivity index (χ1v) is 5.74. The molecule has 0 aliphatic carbocycles. The summed E-state index contributed by atoms with van der Waals surface area (Å²) >= 11 is 0. The van der Waals surface area contributed by atoms with E-state index in [-0.39, 0.29) is 13.0 Å². The monoisotopic (exact) mass is 250 g/mol. The maximum absolute atomic E-state index is 12.5. The van der Waals surface area contributed by atoms with Crippen LogP contribution in [-0.4, -0.2) is 28.4 Å². The molecule has 3 N–H and O–H groups in total. The van der Waals surface area contributed by atoms with Crippen molar-refractivity contribution >= 4 is 16.9 Å². The second kappa shape index (κ2) is 5.18. The van der Waals surface area contributed by atoms with Crippen LogP contribution in [0, 0.1) is 0 Å². The highest BCUT2D eigenvalue weighted by atomic mass is 19.1. The average Bonchev–Trinajstić information content (AvgIpc) is 2.69. The minimum Gasteiger partial charge on any atom is -0.480 e. The number of nitrogens with two attached hydrogens (primary N) is 1. The Balaban J connectivity index is 2.41. The number of aliphatic carboxylic acids is 1. The molecule has 1 aromatic heterocycles. The Hall–Kier alpha value is -1.88. The molecule has 0 radical (unpaired) electrons.